The standard InChI is InChI=1S/C11H20N2OS/c1-2-11(3-4-12-9-11)10(14)13-5-7-15-8-6-13/h12H,2-9H2,1H3. The summed E-state index contributed by atoms with van der Waals surface area (Å²) >= 11 is 1.96. The molecule has 15 heavy (non-hydrogen) atoms. The van der Waals surface area contributed by atoms with E-state index < -0.39 is 0 Å². The van der Waals surface area contributed by atoms with E-state index in [1.165, 1.54) is 0 Å². The highest BCUT2D eigenvalue weighted by Crippen LogP contribution is 2.32. The lowest BCUT2D eigenvalue weighted by Gasteiger charge is -2.35. The average Bonchev–Trinajstić information content (AvgIpc) is 2.79. The van der Waals surface area contributed by atoms with Crippen LogP contribution in [0.15, 0.2) is 0 Å². The van der Waals surface area contributed by atoms with Gasteiger partial charge in [-0.1, -0.05) is 6.92 Å². The summed E-state index contributed by atoms with van der Waals surface area (Å²) in [5.74, 6) is 2.62. The normalized spacial score (nSPS) is 31.9. The summed E-state index contributed by atoms with van der Waals surface area (Å²) in [7, 11) is 0. The molecule has 2 aliphatic rings. The molecule has 2 rings (SSSR count). The summed E-state index contributed by atoms with van der Waals surface area (Å²) in [6, 6.07) is 0. The highest BCUT2D eigenvalue weighted by molar-refractivity contribution is 7.99. The van der Waals surface area contributed by atoms with Gasteiger partial charge in [-0.25, -0.2) is 0 Å². The SMILES string of the molecule is CCC1(C(=O)N2CCSCC2)CCNC1. The molecule has 0 spiro atoms. The van der Waals surface area contributed by atoms with Gasteiger partial charge in [-0.05, 0) is 19.4 Å². The molecule has 0 bridgehead atoms. The van der Waals surface area contributed by atoms with Gasteiger partial charge in [-0.2, -0.15) is 11.8 Å². The molecule has 1 N–H and O–H groups in total. The van der Waals surface area contributed by atoms with Crippen LogP contribution in [0.1, 0.15) is 19.8 Å². The topological polar surface area (TPSA) is 32.3 Å². The van der Waals surface area contributed by atoms with E-state index in [0.717, 1.165) is 50.5 Å². The zero-order valence-electron chi connectivity index (χ0n) is 9.42. The summed E-state index contributed by atoms with van der Waals surface area (Å²) in [6.45, 7) is 5.92. The van der Waals surface area contributed by atoms with E-state index in [1.54, 1.807) is 0 Å². The number of thioether (sulfide) groups is 1. The van der Waals surface area contributed by atoms with E-state index >= 15 is 0 Å². The molecule has 0 aromatic rings. The summed E-state index contributed by atoms with van der Waals surface area (Å²) in [6.07, 6.45) is 1.99. The van der Waals surface area contributed by atoms with Crippen molar-refractivity contribution in [3.8, 4) is 0 Å². The lowest BCUT2D eigenvalue weighted by atomic mass is 9.82. The third-order valence-corrected chi connectivity index (χ3v) is 4.61. The quantitative estimate of drug-likeness (QED) is 0.764. The Labute approximate surface area is 96.0 Å². The van der Waals surface area contributed by atoms with E-state index in [2.05, 4.69) is 17.1 Å². The number of hydrogen-bond donors (Lipinski definition) is 1. The third kappa shape index (κ3) is 2.16. The van der Waals surface area contributed by atoms with Crippen molar-refractivity contribution >= 4 is 17.7 Å². The second kappa shape index (κ2) is 4.74. The Morgan fingerprint density at radius 2 is 2.20 bits per heavy atom. The van der Waals surface area contributed by atoms with Crippen LogP contribution in [-0.2, 0) is 4.79 Å². The van der Waals surface area contributed by atoms with Gasteiger partial charge in [0.25, 0.3) is 0 Å². The summed E-state index contributed by atoms with van der Waals surface area (Å²) in [5, 5.41) is 3.33. The molecule has 1 unspecified atom stereocenters. The zero-order chi connectivity index (χ0) is 10.7. The van der Waals surface area contributed by atoms with Crippen LogP contribution >= 0.6 is 11.8 Å². The van der Waals surface area contributed by atoms with Crippen LogP contribution in [0.25, 0.3) is 0 Å². The van der Waals surface area contributed by atoms with Gasteiger partial charge in [0.1, 0.15) is 0 Å². The van der Waals surface area contributed by atoms with Gasteiger partial charge in [0, 0.05) is 31.1 Å². The molecule has 0 radical (unpaired) electrons. The molecule has 4 heteroatoms. The molecule has 2 fully saturated rings. The lowest BCUT2D eigenvalue weighted by molar-refractivity contribution is -0.141. The number of carbonyl (C=O) groups is 1. The second-order valence-corrected chi connectivity index (χ2v) is 5.69. The Morgan fingerprint density at radius 3 is 2.73 bits per heavy atom. The molecule has 2 heterocycles. The zero-order valence-corrected chi connectivity index (χ0v) is 10.2. The van der Waals surface area contributed by atoms with Crippen molar-refractivity contribution in [2.75, 3.05) is 37.7 Å². The fraction of sp³-hybridized carbons (Fsp3) is 0.909. The van der Waals surface area contributed by atoms with Gasteiger partial charge in [0.2, 0.25) is 5.91 Å². The number of amides is 1. The predicted octanol–water partition coefficient (Wildman–Crippen LogP) is 0.952. The molecule has 86 valence electrons. The Bertz CT molecular complexity index is 233. The smallest absolute Gasteiger partial charge is 0.230 e. The van der Waals surface area contributed by atoms with Gasteiger partial charge < -0.3 is 10.2 Å². The van der Waals surface area contributed by atoms with Gasteiger partial charge >= 0.3 is 0 Å². The average molecular weight is 228 g/mol. The number of rotatable bonds is 2. The molecule has 2 aliphatic heterocycles. The molecular formula is C11H20N2OS. The van der Waals surface area contributed by atoms with Crippen LogP contribution in [0.2, 0.25) is 0 Å². The van der Waals surface area contributed by atoms with Crippen molar-refractivity contribution in [1.29, 1.82) is 0 Å². The van der Waals surface area contributed by atoms with Gasteiger partial charge in [0.05, 0.1) is 5.41 Å². The van der Waals surface area contributed by atoms with Gasteiger partial charge in [-0.15, -0.1) is 0 Å². The Morgan fingerprint density at radius 1 is 1.47 bits per heavy atom. The molecule has 0 aromatic heterocycles. The van der Waals surface area contributed by atoms with Crippen molar-refractivity contribution in [2.24, 2.45) is 5.41 Å². The van der Waals surface area contributed by atoms with Crippen molar-refractivity contribution in [2.45, 2.75) is 19.8 Å². The highest BCUT2D eigenvalue weighted by atomic mass is 32.2. The first kappa shape index (κ1) is 11.3. The van der Waals surface area contributed by atoms with Crippen LogP contribution in [0.3, 0.4) is 0 Å². The minimum Gasteiger partial charge on any atom is -0.341 e. The fourth-order valence-corrected chi connectivity index (χ4v) is 3.38. The Kier molecular flexibility index (Phi) is 3.57. The van der Waals surface area contributed by atoms with E-state index in [9.17, 15) is 4.79 Å². The second-order valence-electron chi connectivity index (χ2n) is 4.47. The summed E-state index contributed by atoms with van der Waals surface area (Å²) < 4.78 is 0. The number of nitrogens with zero attached hydrogens (tertiary/aromatic N) is 1. The van der Waals surface area contributed by atoms with E-state index in [1.807, 2.05) is 11.8 Å². The van der Waals surface area contributed by atoms with Gasteiger partial charge in [-0.3, -0.25) is 4.79 Å². The summed E-state index contributed by atoms with van der Waals surface area (Å²) in [4.78, 5) is 14.5. The maximum atomic E-state index is 12.4. The molecule has 3 nitrogen and oxygen atoms in total. The number of carbonyl (C=O) groups excluding carboxylic acids is 1. The summed E-state index contributed by atoms with van der Waals surface area (Å²) in [5.41, 5.74) is -0.0813. The number of hydrogen-bond acceptors (Lipinski definition) is 3. The van der Waals surface area contributed by atoms with Crippen LogP contribution in [0.4, 0.5) is 0 Å². The lowest BCUT2D eigenvalue weighted by Crippen LogP contribution is -2.48. The fourth-order valence-electron chi connectivity index (χ4n) is 2.48. The first-order valence-electron chi connectivity index (χ1n) is 5.86. The molecule has 1 atom stereocenters. The van der Waals surface area contributed by atoms with Crippen LogP contribution in [0, 0.1) is 5.41 Å². The molecule has 2 saturated heterocycles. The van der Waals surface area contributed by atoms with Crippen LogP contribution < -0.4 is 5.32 Å². The van der Waals surface area contributed by atoms with Crippen molar-refractivity contribution in [3.63, 3.8) is 0 Å². The molecule has 1 amide bonds. The Hall–Kier alpha value is -0.220. The Balaban J connectivity index is 2.03. The molecular weight excluding hydrogens is 208 g/mol. The predicted molar refractivity (Wildman–Crippen MR) is 64.1 cm³/mol. The monoisotopic (exact) mass is 228 g/mol. The minimum atomic E-state index is -0.0813. The van der Waals surface area contributed by atoms with Crippen LogP contribution in [-0.4, -0.2) is 48.5 Å². The van der Waals surface area contributed by atoms with Gasteiger partial charge in [0.15, 0.2) is 0 Å². The molecule has 0 saturated carbocycles. The van der Waals surface area contributed by atoms with Crippen molar-refractivity contribution < 1.29 is 4.79 Å². The minimum absolute atomic E-state index is 0.0813. The van der Waals surface area contributed by atoms with Crippen molar-refractivity contribution in [3.05, 3.63) is 0 Å². The van der Waals surface area contributed by atoms with Crippen molar-refractivity contribution in [1.82, 2.24) is 10.2 Å². The first-order chi connectivity index (χ1) is 7.28. The largest absolute Gasteiger partial charge is 0.341 e. The number of nitrogens with one attached hydrogen (secondary N) is 1. The molecule has 0 aliphatic carbocycles. The first-order valence-corrected chi connectivity index (χ1v) is 7.02. The van der Waals surface area contributed by atoms with E-state index in [0.29, 0.717) is 5.91 Å². The van der Waals surface area contributed by atoms with E-state index in [-0.39, 0.29) is 5.41 Å². The van der Waals surface area contributed by atoms with Crippen LogP contribution in [0.5, 0.6) is 0 Å². The maximum absolute atomic E-state index is 12.4. The highest BCUT2D eigenvalue weighted by Gasteiger charge is 2.42. The molecule has 0 aromatic carbocycles. The van der Waals surface area contributed by atoms with E-state index in [4.69, 9.17) is 0 Å². The maximum Gasteiger partial charge on any atom is 0.230 e. The third-order valence-electron chi connectivity index (χ3n) is 3.67.